The first-order chi connectivity index (χ1) is 8.18. The molecule has 0 unspecified atom stereocenters. The second-order valence-corrected chi connectivity index (χ2v) is 4.68. The number of likely N-dealkylation sites (tertiary alicyclic amines) is 1. The molecular formula is C12H22N4O. The zero-order valence-corrected chi connectivity index (χ0v) is 10.8. The molecule has 0 saturated carbocycles. The molecule has 2 N–H and O–H groups in total. The van der Waals surface area contributed by atoms with Gasteiger partial charge in [0.05, 0.1) is 5.69 Å². The molecule has 1 saturated heterocycles. The molecule has 1 aliphatic heterocycles. The fourth-order valence-corrected chi connectivity index (χ4v) is 2.28. The molecule has 0 spiro atoms. The Morgan fingerprint density at radius 2 is 2.00 bits per heavy atom. The molecule has 2 rings (SSSR count). The Hall–Kier alpha value is -1.23. The highest BCUT2D eigenvalue weighted by Gasteiger charge is 2.13. The Labute approximate surface area is 103 Å². The van der Waals surface area contributed by atoms with E-state index in [0.717, 1.165) is 12.2 Å². The second kappa shape index (κ2) is 5.40. The third kappa shape index (κ3) is 2.91. The van der Waals surface area contributed by atoms with Crippen LogP contribution in [0.5, 0.6) is 5.88 Å². The number of aromatic nitrogens is 2. The number of nitrogen functional groups attached to an aromatic ring is 1. The number of aryl methyl sites for hydroxylation is 2. The maximum Gasteiger partial charge on any atom is 0.235 e. The summed E-state index contributed by atoms with van der Waals surface area (Å²) in [6.07, 6.45) is 3.99. The Balaban J connectivity index is 1.81. The minimum absolute atomic E-state index is 0.658. The molecule has 0 bridgehead atoms. The SMILES string of the molecule is Cc1nn(C)c(OCCN2CCCCC2)c1N. The van der Waals surface area contributed by atoms with Gasteiger partial charge in [0.25, 0.3) is 0 Å². The molecule has 5 heteroatoms. The first-order valence-electron chi connectivity index (χ1n) is 6.32. The molecule has 0 aliphatic carbocycles. The molecule has 0 atom stereocenters. The van der Waals surface area contributed by atoms with Crippen LogP contribution in [0.1, 0.15) is 25.0 Å². The molecule has 96 valence electrons. The normalized spacial score (nSPS) is 17.3. The van der Waals surface area contributed by atoms with Gasteiger partial charge in [-0.2, -0.15) is 5.10 Å². The fraction of sp³-hybridized carbons (Fsp3) is 0.750. The van der Waals surface area contributed by atoms with E-state index < -0.39 is 0 Å². The lowest BCUT2D eigenvalue weighted by molar-refractivity contribution is 0.178. The van der Waals surface area contributed by atoms with Gasteiger partial charge in [-0.05, 0) is 32.9 Å². The molecule has 2 heterocycles. The summed E-state index contributed by atoms with van der Waals surface area (Å²) in [5.74, 6) is 0.694. The first kappa shape index (κ1) is 12.2. The zero-order valence-electron chi connectivity index (χ0n) is 10.8. The maximum atomic E-state index is 5.90. The van der Waals surface area contributed by atoms with Crippen LogP contribution in [-0.2, 0) is 7.05 Å². The van der Waals surface area contributed by atoms with E-state index in [-0.39, 0.29) is 0 Å². The first-order valence-corrected chi connectivity index (χ1v) is 6.32. The van der Waals surface area contributed by atoms with Crippen molar-refractivity contribution in [3.05, 3.63) is 5.69 Å². The Bertz CT molecular complexity index is 369. The summed E-state index contributed by atoms with van der Waals surface area (Å²) in [6.45, 7) is 5.95. The van der Waals surface area contributed by atoms with Crippen LogP contribution in [-0.4, -0.2) is 40.9 Å². The number of anilines is 1. The van der Waals surface area contributed by atoms with Gasteiger partial charge in [0.1, 0.15) is 12.3 Å². The number of piperidine rings is 1. The maximum absolute atomic E-state index is 5.90. The summed E-state index contributed by atoms with van der Waals surface area (Å²) in [5, 5.41) is 4.23. The molecule has 17 heavy (non-hydrogen) atoms. The van der Waals surface area contributed by atoms with E-state index in [2.05, 4.69) is 10.00 Å². The molecule has 1 fully saturated rings. The quantitative estimate of drug-likeness (QED) is 0.855. The summed E-state index contributed by atoms with van der Waals surface area (Å²) in [5.41, 5.74) is 7.39. The molecule has 5 nitrogen and oxygen atoms in total. The van der Waals surface area contributed by atoms with Gasteiger partial charge in [-0.1, -0.05) is 6.42 Å². The largest absolute Gasteiger partial charge is 0.475 e. The van der Waals surface area contributed by atoms with Crippen LogP contribution >= 0.6 is 0 Å². The molecule has 1 aliphatic rings. The summed E-state index contributed by atoms with van der Waals surface area (Å²) >= 11 is 0. The summed E-state index contributed by atoms with van der Waals surface area (Å²) in [4.78, 5) is 2.45. The average Bonchev–Trinajstić information content (AvgIpc) is 2.57. The van der Waals surface area contributed by atoms with Gasteiger partial charge in [0, 0.05) is 13.6 Å². The van der Waals surface area contributed by atoms with Gasteiger partial charge < -0.3 is 10.5 Å². The minimum atomic E-state index is 0.658. The Morgan fingerprint density at radius 3 is 2.59 bits per heavy atom. The predicted molar refractivity (Wildman–Crippen MR) is 68.1 cm³/mol. The smallest absolute Gasteiger partial charge is 0.235 e. The van der Waals surface area contributed by atoms with E-state index in [1.54, 1.807) is 4.68 Å². The Morgan fingerprint density at radius 1 is 1.29 bits per heavy atom. The number of ether oxygens (including phenoxy) is 1. The topological polar surface area (TPSA) is 56.3 Å². The van der Waals surface area contributed by atoms with E-state index in [1.807, 2.05) is 14.0 Å². The van der Waals surface area contributed by atoms with Crippen molar-refractivity contribution in [1.29, 1.82) is 0 Å². The average molecular weight is 238 g/mol. The monoisotopic (exact) mass is 238 g/mol. The van der Waals surface area contributed by atoms with Crippen LogP contribution in [0.3, 0.4) is 0 Å². The van der Waals surface area contributed by atoms with Crippen LogP contribution in [0.15, 0.2) is 0 Å². The number of nitrogens with two attached hydrogens (primary N) is 1. The van der Waals surface area contributed by atoms with Gasteiger partial charge in [-0.3, -0.25) is 4.90 Å². The van der Waals surface area contributed by atoms with Crippen molar-refractivity contribution >= 4 is 5.69 Å². The van der Waals surface area contributed by atoms with Crippen LogP contribution in [0, 0.1) is 6.92 Å². The van der Waals surface area contributed by atoms with Crippen molar-refractivity contribution < 1.29 is 4.74 Å². The lowest BCUT2D eigenvalue weighted by Crippen LogP contribution is -2.33. The van der Waals surface area contributed by atoms with E-state index in [0.29, 0.717) is 18.2 Å². The molecule has 0 amide bonds. The van der Waals surface area contributed by atoms with Gasteiger partial charge in [-0.25, -0.2) is 4.68 Å². The Kier molecular flexibility index (Phi) is 3.89. The van der Waals surface area contributed by atoms with E-state index in [1.165, 1.54) is 32.4 Å². The van der Waals surface area contributed by atoms with Crippen molar-refractivity contribution in [2.45, 2.75) is 26.2 Å². The van der Waals surface area contributed by atoms with Crippen LogP contribution in [0.4, 0.5) is 5.69 Å². The van der Waals surface area contributed by atoms with E-state index in [9.17, 15) is 0 Å². The van der Waals surface area contributed by atoms with E-state index >= 15 is 0 Å². The third-order valence-electron chi connectivity index (χ3n) is 3.31. The lowest BCUT2D eigenvalue weighted by Gasteiger charge is -2.26. The lowest BCUT2D eigenvalue weighted by atomic mass is 10.1. The molecule has 0 aromatic carbocycles. The van der Waals surface area contributed by atoms with Gasteiger partial charge >= 0.3 is 0 Å². The highest BCUT2D eigenvalue weighted by Crippen LogP contribution is 2.23. The highest BCUT2D eigenvalue weighted by molar-refractivity contribution is 5.52. The highest BCUT2D eigenvalue weighted by atomic mass is 16.5. The standard InChI is InChI=1S/C12H22N4O/c1-10-11(13)12(15(2)14-10)17-9-8-16-6-4-3-5-7-16/h3-9,13H2,1-2H3. The van der Waals surface area contributed by atoms with Crippen molar-refractivity contribution in [3.63, 3.8) is 0 Å². The van der Waals surface area contributed by atoms with Crippen molar-refractivity contribution in [2.24, 2.45) is 7.05 Å². The number of rotatable bonds is 4. The number of hydrogen-bond donors (Lipinski definition) is 1. The van der Waals surface area contributed by atoms with Crippen molar-refractivity contribution in [1.82, 2.24) is 14.7 Å². The third-order valence-corrected chi connectivity index (χ3v) is 3.31. The zero-order chi connectivity index (χ0) is 12.3. The van der Waals surface area contributed by atoms with E-state index in [4.69, 9.17) is 10.5 Å². The molecule has 1 aromatic heterocycles. The minimum Gasteiger partial charge on any atom is -0.475 e. The molecular weight excluding hydrogens is 216 g/mol. The molecule has 1 aromatic rings. The van der Waals surface area contributed by atoms with Crippen molar-refractivity contribution in [3.8, 4) is 5.88 Å². The van der Waals surface area contributed by atoms with Crippen LogP contribution in [0.25, 0.3) is 0 Å². The summed E-state index contributed by atoms with van der Waals surface area (Å²) in [6, 6.07) is 0. The second-order valence-electron chi connectivity index (χ2n) is 4.68. The summed E-state index contributed by atoms with van der Waals surface area (Å²) < 4.78 is 7.43. The van der Waals surface area contributed by atoms with Gasteiger partial charge in [0.2, 0.25) is 5.88 Å². The van der Waals surface area contributed by atoms with Gasteiger partial charge in [-0.15, -0.1) is 0 Å². The predicted octanol–water partition coefficient (Wildman–Crippen LogP) is 1.18. The number of hydrogen-bond acceptors (Lipinski definition) is 4. The van der Waals surface area contributed by atoms with Gasteiger partial charge in [0.15, 0.2) is 0 Å². The van der Waals surface area contributed by atoms with Crippen LogP contribution < -0.4 is 10.5 Å². The van der Waals surface area contributed by atoms with Crippen molar-refractivity contribution in [2.75, 3.05) is 32.0 Å². The number of nitrogens with zero attached hydrogens (tertiary/aromatic N) is 3. The fourth-order valence-electron chi connectivity index (χ4n) is 2.28. The van der Waals surface area contributed by atoms with Crippen LogP contribution in [0.2, 0.25) is 0 Å². The molecule has 0 radical (unpaired) electrons. The summed E-state index contributed by atoms with van der Waals surface area (Å²) in [7, 11) is 1.86.